The third kappa shape index (κ3) is 7.20. The maximum Gasteiger partial charge on any atom is 0.255 e. The lowest BCUT2D eigenvalue weighted by Gasteiger charge is -2.46. The Bertz CT molecular complexity index is 2510. The van der Waals surface area contributed by atoms with Crippen LogP contribution in [0, 0.1) is 5.92 Å². The Morgan fingerprint density at radius 2 is 1.80 bits per heavy atom. The summed E-state index contributed by atoms with van der Waals surface area (Å²) in [4.78, 5) is 53.0. The number of para-hydroxylation sites is 1. The van der Waals surface area contributed by atoms with Crippen molar-refractivity contribution in [2.75, 3.05) is 75.9 Å². The van der Waals surface area contributed by atoms with Crippen LogP contribution in [0.5, 0.6) is 11.5 Å². The van der Waals surface area contributed by atoms with Crippen molar-refractivity contribution in [1.82, 2.24) is 25.0 Å². The zero-order valence-electron chi connectivity index (χ0n) is 37.5. The summed E-state index contributed by atoms with van der Waals surface area (Å²) in [5, 5.41) is 3.63. The number of ether oxygens (including phenoxy) is 3. The van der Waals surface area contributed by atoms with Gasteiger partial charge in [0.1, 0.15) is 29.8 Å². The molecule has 64 heavy (non-hydrogen) atoms. The number of imide groups is 1. The Labute approximate surface area is 374 Å². The number of carbonyl (C=O) groups excluding carboxylic acids is 3. The molecular weight excluding hydrogens is 814 g/mol. The van der Waals surface area contributed by atoms with E-state index in [0.29, 0.717) is 37.6 Å². The molecule has 4 aromatic rings. The number of halogens is 1. The average Bonchev–Trinajstić information content (AvgIpc) is 3.96. The molecule has 13 nitrogen and oxygen atoms in total. The summed E-state index contributed by atoms with van der Waals surface area (Å²) >= 11 is 0. The predicted molar refractivity (Wildman–Crippen MR) is 242 cm³/mol. The number of nitrogens with zero attached hydrogens (tertiary/aromatic N) is 5. The summed E-state index contributed by atoms with van der Waals surface area (Å²) in [6.07, 6.45) is 4.43. The van der Waals surface area contributed by atoms with E-state index in [1.165, 1.54) is 10.9 Å². The lowest BCUT2D eigenvalue weighted by molar-refractivity contribution is -0.136. The summed E-state index contributed by atoms with van der Waals surface area (Å²) in [6.45, 7) is 13.0. The normalized spacial score (nSPS) is 27.0. The van der Waals surface area contributed by atoms with E-state index in [1.54, 1.807) is 25.9 Å². The quantitative estimate of drug-likeness (QED) is 0.205. The van der Waals surface area contributed by atoms with Crippen LogP contribution in [0.25, 0.3) is 10.9 Å². The van der Waals surface area contributed by atoms with Crippen LogP contribution in [0.4, 0.5) is 15.8 Å². The van der Waals surface area contributed by atoms with Crippen molar-refractivity contribution < 1.29 is 33.0 Å². The van der Waals surface area contributed by atoms with E-state index < -0.39 is 17.6 Å². The van der Waals surface area contributed by atoms with Crippen LogP contribution >= 0.6 is 0 Å². The lowest BCUT2D eigenvalue weighted by atomic mass is 9.84. The summed E-state index contributed by atoms with van der Waals surface area (Å²) in [5.41, 5.74) is 6.71. The molecule has 11 rings (SSSR count). The maximum absolute atomic E-state index is 15.5. The zero-order chi connectivity index (χ0) is 44.1. The Morgan fingerprint density at radius 1 is 0.969 bits per heavy atom. The van der Waals surface area contributed by atoms with Crippen LogP contribution in [-0.2, 0) is 27.3 Å². The third-order valence-corrected chi connectivity index (χ3v) is 15.4. The van der Waals surface area contributed by atoms with Crippen LogP contribution in [0.2, 0.25) is 0 Å². The monoisotopic (exact) mass is 873 g/mol. The first-order chi connectivity index (χ1) is 30.8. The minimum absolute atomic E-state index is 0.108. The molecule has 0 bridgehead atoms. The Hall–Kier alpha value is -5.18. The number of amides is 3. The van der Waals surface area contributed by atoms with Gasteiger partial charge in [-0.3, -0.25) is 29.5 Å². The van der Waals surface area contributed by atoms with Crippen molar-refractivity contribution >= 4 is 40.0 Å². The summed E-state index contributed by atoms with van der Waals surface area (Å²) in [5.74, 6) is 1.17. The van der Waals surface area contributed by atoms with Crippen molar-refractivity contribution in [2.24, 2.45) is 5.92 Å². The van der Waals surface area contributed by atoms with E-state index in [0.717, 1.165) is 117 Å². The van der Waals surface area contributed by atoms with Gasteiger partial charge in [-0.05, 0) is 88.6 Å². The number of benzene rings is 3. The number of carbonyl (C=O) groups is 3. The van der Waals surface area contributed by atoms with Gasteiger partial charge in [0.2, 0.25) is 11.8 Å². The topological polar surface area (TPSA) is 123 Å². The highest BCUT2D eigenvalue weighted by molar-refractivity contribution is 6.06. The summed E-state index contributed by atoms with van der Waals surface area (Å²) in [6, 6.07) is 18.5. The molecular formula is C50H60FN7O6. The SMILES string of the molecule is COc1cc(N2CCC3(CC2)CC(CN2CCN4c5ccc6c(c5OC[C@H]4C2)CN(C2CCC(=O)NC2=O)C6=O)CO3)ccc1[C@@H]1c2[nH]c3ccccc3c2C[C@@H](C)N1CC(C)(C)F. The van der Waals surface area contributed by atoms with E-state index in [-0.39, 0.29) is 42.0 Å². The van der Waals surface area contributed by atoms with Gasteiger partial charge in [0.15, 0.2) is 0 Å². The number of rotatable bonds is 8. The second-order valence-corrected chi connectivity index (χ2v) is 20.1. The largest absolute Gasteiger partial charge is 0.496 e. The van der Waals surface area contributed by atoms with E-state index in [1.807, 2.05) is 12.1 Å². The van der Waals surface area contributed by atoms with Crippen LogP contribution in [0.1, 0.15) is 91.7 Å². The molecule has 7 aliphatic heterocycles. The highest BCUT2D eigenvalue weighted by Gasteiger charge is 2.46. The summed E-state index contributed by atoms with van der Waals surface area (Å²) < 4.78 is 34.8. The van der Waals surface area contributed by atoms with Gasteiger partial charge in [-0.1, -0.05) is 24.3 Å². The van der Waals surface area contributed by atoms with Gasteiger partial charge >= 0.3 is 0 Å². The predicted octanol–water partition coefficient (Wildman–Crippen LogP) is 5.98. The van der Waals surface area contributed by atoms with Gasteiger partial charge in [-0.15, -0.1) is 0 Å². The van der Waals surface area contributed by atoms with Crippen molar-refractivity contribution in [2.45, 2.75) is 101 Å². The zero-order valence-corrected chi connectivity index (χ0v) is 37.5. The van der Waals surface area contributed by atoms with E-state index >= 15 is 4.39 Å². The van der Waals surface area contributed by atoms with E-state index in [9.17, 15) is 14.4 Å². The van der Waals surface area contributed by atoms with Gasteiger partial charge < -0.3 is 33.9 Å². The molecule has 0 radical (unpaired) electrons. The molecule has 2 N–H and O–H groups in total. The number of aromatic nitrogens is 1. The Morgan fingerprint density at radius 3 is 2.59 bits per heavy atom. The number of aromatic amines is 1. The van der Waals surface area contributed by atoms with E-state index in [4.69, 9.17) is 14.2 Å². The number of alkyl halides is 1. The number of anilines is 2. The minimum atomic E-state index is -1.36. The van der Waals surface area contributed by atoms with Crippen LogP contribution in [0.3, 0.4) is 0 Å². The number of hydrogen-bond donors (Lipinski definition) is 2. The van der Waals surface area contributed by atoms with Gasteiger partial charge in [-0.2, -0.15) is 0 Å². The van der Waals surface area contributed by atoms with Crippen LogP contribution < -0.4 is 24.6 Å². The number of nitrogens with one attached hydrogen (secondary N) is 2. The first-order valence-corrected chi connectivity index (χ1v) is 23.4. The molecule has 8 heterocycles. The number of methoxy groups -OCH3 is 1. The highest BCUT2D eigenvalue weighted by atomic mass is 19.1. The molecule has 7 aliphatic rings. The lowest BCUT2D eigenvalue weighted by Crippen LogP contribution is -2.58. The van der Waals surface area contributed by atoms with Gasteiger partial charge in [0, 0.05) is 103 Å². The fourth-order valence-corrected chi connectivity index (χ4v) is 12.3. The smallest absolute Gasteiger partial charge is 0.255 e. The molecule has 3 amide bonds. The van der Waals surface area contributed by atoms with Gasteiger partial charge in [0.05, 0.1) is 43.6 Å². The first-order valence-electron chi connectivity index (χ1n) is 23.4. The molecule has 2 unspecified atom stereocenters. The van der Waals surface area contributed by atoms with Crippen molar-refractivity contribution in [1.29, 1.82) is 0 Å². The molecule has 4 saturated heterocycles. The van der Waals surface area contributed by atoms with Gasteiger partial charge in [0.25, 0.3) is 5.91 Å². The third-order valence-electron chi connectivity index (χ3n) is 15.4. The molecule has 0 aliphatic carbocycles. The molecule has 338 valence electrons. The maximum atomic E-state index is 15.5. The molecule has 3 aromatic carbocycles. The highest BCUT2D eigenvalue weighted by Crippen LogP contribution is 2.47. The fourth-order valence-electron chi connectivity index (χ4n) is 12.3. The molecule has 0 saturated carbocycles. The minimum Gasteiger partial charge on any atom is -0.496 e. The number of piperidine rings is 2. The average molecular weight is 874 g/mol. The Kier molecular flexibility index (Phi) is 10.2. The van der Waals surface area contributed by atoms with Crippen molar-refractivity contribution in [3.05, 3.63) is 82.5 Å². The second kappa shape index (κ2) is 15.8. The Balaban J connectivity index is 0.724. The van der Waals surface area contributed by atoms with Crippen LogP contribution in [0.15, 0.2) is 54.6 Å². The fraction of sp³-hybridized carbons (Fsp3) is 0.540. The molecule has 1 aromatic heterocycles. The standard InChI is InChI=1S/C50H60FN7O6/c1-30-21-37-34-7-5-6-8-39(34)52-44(37)45(58(30)29-49(2,3)51)36-10-9-32(22-42(36)62-4)55-17-15-50(16-18-55)23-31(27-64-50)24-54-19-20-56-33(25-54)28-63-46-38-26-57(41-13-14-43(59)53-47(41)60)48(61)35(38)11-12-40(46)56/h5-12,22,30-31,33,41,45,52H,13-21,23-29H2,1-4H3,(H,53,59,60)/t30-,31?,33-,41?,45-/m1/s1. The number of piperazine rings is 1. The van der Waals surface area contributed by atoms with Gasteiger partial charge in [-0.25, -0.2) is 4.39 Å². The number of hydrogen-bond acceptors (Lipinski definition) is 10. The second-order valence-electron chi connectivity index (χ2n) is 20.1. The first kappa shape index (κ1) is 41.5. The molecule has 4 fully saturated rings. The van der Waals surface area contributed by atoms with E-state index in [2.05, 4.69) is 79.3 Å². The molecule has 5 atom stereocenters. The van der Waals surface area contributed by atoms with Crippen LogP contribution in [-0.4, -0.2) is 133 Å². The molecule has 1 spiro atoms. The molecule has 14 heteroatoms. The number of fused-ring (bicyclic) bond motifs is 8. The summed E-state index contributed by atoms with van der Waals surface area (Å²) in [7, 11) is 1.75. The van der Waals surface area contributed by atoms with Crippen molar-refractivity contribution in [3.8, 4) is 11.5 Å². The number of H-pyrrole nitrogens is 1. The van der Waals surface area contributed by atoms with Crippen molar-refractivity contribution in [3.63, 3.8) is 0 Å².